The van der Waals surface area contributed by atoms with E-state index < -0.39 is 0 Å². The van der Waals surface area contributed by atoms with Crippen LogP contribution in [-0.4, -0.2) is 41.2 Å². The Morgan fingerprint density at radius 2 is 2.20 bits per heavy atom. The molecule has 0 bridgehead atoms. The number of hydrogen-bond donors (Lipinski definition) is 2. The summed E-state index contributed by atoms with van der Waals surface area (Å²) in [5.74, 6) is 0.828. The van der Waals surface area contributed by atoms with Crippen LogP contribution in [0.5, 0.6) is 0 Å². The first-order valence-corrected chi connectivity index (χ1v) is 9.04. The Labute approximate surface area is 149 Å². The number of carbonyl (C=O) groups excluding carboxylic acids is 1. The molecule has 6 nitrogen and oxygen atoms in total. The predicted octanol–water partition coefficient (Wildman–Crippen LogP) is 2.69. The number of hydrogen-bond acceptors (Lipinski definition) is 5. The normalized spacial score (nSPS) is 26.2. The lowest BCUT2D eigenvalue weighted by atomic mass is 9.74. The minimum absolute atomic E-state index is 0.00791. The summed E-state index contributed by atoms with van der Waals surface area (Å²) in [5, 5.41) is 6.59. The van der Waals surface area contributed by atoms with E-state index in [0.717, 1.165) is 37.1 Å². The highest BCUT2D eigenvalue weighted by Gasteiger charge is 2.31. The van der Waals surface area contributed by atoms with Gasteiger partial charge in [-0.05, 0) is 44.1 Å². The van der Waals surface area contributed by atoms with E-state index in [-0.39, 0.29) is 18.0 Å². The fraction of sp³-hybridized carbons (Fsp3) is 0.632. The average molecular weight is 344 g/mol. The molecule has 1 aliphatic carbocycles. The number of anilines is 1. The topological polar surface area (TPSA) is 76.1 Å². The number of amides is 1. The van der Waals surface area contributed by atoms with Crippen molar-refractivity contribution in [1.82, 2.24) is 15.3 Å². The number of ether oxygens (including phenoxy) is 1. The van der Waals surface area contributed by atoms with Crippen molar-refractivity contribution in [2.45, 2.75) is 58.5 Å². The number of allylic oxidation sites excluding steroid dienone is 1. The second-order valence-corrected chi connectivity index (χ2v) is 7.89. The van der Waals surface area contributed by atoms with Crippen molar-refractivity contribution >= 4 is 11.7 Å². The number of carbonyl (C=O) groups is 1. The Balaban J connectivity index is 1.66. The second-order valence-electron chi connectivity index (χ2n) is 7.89. The zero-order valence-corrected chi connectivity index (χ0v) is 15.3. The van der Waals surface area contributed by atoms with E-state index in [2.05, 4.69) is 41.4 Å². The molecule has 0 unspecified atom stereocenters. The van der Waals surface area contributed by atoms with E-state index in [0.29, 0.717) is 18.6 Å². The molecule has 2 heterocycles. The molecular weight excluding hydrogens is 316 g/mol. The summed E-state index contributed by atoms with van der Waals surface area (Å²) in [7, 11) is 0. The summed E-state index contributed by atoms with van der Waals surface area (Å²) in [6.45, 7) is 7.85. The van der Waals surface area contributed by atoms with Crippen molar-refractivity contribution in [3.8, 4) is 0 Å². The summed E-state index contributed by atoms with van der Waals surface area (Å²) in [6, 6.07) is 1.86. The molecular formula is C19H28N4O2. The number of aromatic nitrogens is 2. The smallest absolute Gasteiger partial charge is 0.247 e. The van der Waals surface area contributed by atoms with Crippen LogP contribution < -0.4 is 10.6 Å². The van der Waals surface area contributed by atoms with Crippen LogP contribution in [0.15, 0.2) is 29.7 Å². The van der Waals surface area contributed by atoms with Crippen LogP contribution in [0, 0.1) is 5.41 Å². The van der Waals surface area contributed by atoms with Gasteiger partial charge in [0, 0.05) is 18.4 Å². The molecule has 1 aromatic heterocycles. The first-order chi connectivity index (χ1) is 11.9. The van der Waals surface area contributed by atoms with Gasteiger partial charge in [-0.3, -0.25) is 4.79 Å². The van der Waals surface area contributed by atoms with Crippen molar-refractivity contribution in [3.63, 3.8) is 0 Å². The Bertz CT molecular complexity index is 642. The number of rotatable bonds is 4. The third kappa shape index (κ3) is 4.57. The van der Waals surface area contributed by atoms with Crippen LogP contribution in [0.1, 0.15) is 46.5 Å². The SMILES string of the molecule is CC1=C(C(=O)N[C@H]2CCOC[C@H]2Nc2ccncn2)CCC(C)(C)C1. The minimum atomic E-state index is 0.00791. The van der Waals surface area contributed by atoms with Crippen molar-refractivity contribution < 1.29 is 9.53 Å². The largest absolute Gasteiger partial charge is 0.379 e. The van der Waals surface area contributed by atoms with E-state index >= 15 is 0 Å². The molecule has 136 valence electrons. The van der Waals surface area contributed by atoms with Crippen LogP contribution in [0.2, 0.25) is 0 Å². The molecule has 6 heteroatoms. The van der Waals surface area contributed by atoms with Gasteiger partial charge in [0.05, 0.1) is 18.7 Å². The van der Waals surface area contributed by atoms with E-state index in [4.69, 9.17) is 4.74 Å². The Kier molecular flexibility index (Phi) is 5.37. The van der Waals surface area contributed by atoms with Crippen molar-refractivity contribution in [3.05, 3.63) is 29.7 Å². The molecule has 25 heavy (non-hydrogen) atoms. The number of nitrogens with one attached hydrogen (secondary N) is 2. The molecule has 2 N–H and O–H groups in total. The lowest BCUT2D eigenvalue weighted by molar-refractivity contribution is -0.119. The van der Waals surface area contributed by atoms with Gasteiger partial charge in [0.25, 0.3) is 0 Å². The Hall–Kier alpha value is -1.95. The van der Waals surface area contributed by atoms with Gasteiger partial charge in [-0.2, -0.15) is 0 Å². The molecule has 1 aromatic rings. The van der Waals surface area contributed by atoms with Crippen molar-refractivity contribution in [2.75, 3.05) is 18.5 Å². The summed E-state index contributed by atoms with van der Waals surface area (Å²) < 4.78 is 5.59. The monoisotopic (exact) mass is 344 g/mol. The van der Waals surface area contributed by atoms with Gasteiger partial charge in [-0.15, -0.1) is 0 Å². The van der Waals surface area contributed by atoms with Gasteiger partial charge >= 0.3 is 0 Å². The van der Waals surface area contributed by atoms with E-state index in [1.807, 2.05) is 6.07 Å². The third-order valence-electron chi connectivity index (χ3n) is 5.17. The molecule has 0 radical (unpaired) electrons. The molecule has 2 aliphatic rings. The van der Waals surface area contributed by atoms with Crippen LogP contribution in [-0.2, 0) is 9.53 Å². The van der Waals surface area contributed by atoms with Gasteiger partial charge in [0.2, 0.25) is 5.91 Å². The molecule has 3 rings (SSSR count). The summed E-state index contributed by atoms with van der Waals surface area (Å²) in [5.41, 5.74) is 2.48. The summed E-state index contributed by atoms with van der Waals surface area (Å²) >= 11 is 0. The third-order valence-corrected chi connectivity index (χ3v) is 5.17. The Morgan fingerprint density at radius 3 is 2.92 bits per heavy atom. The van der Waals surface area contributed by atoms with Gasteiger partial charge in [0.1, 0.15) is 12.1 Å². The maximum absolute atomic E-state index is 12.8. The van der Waals surface area contributed by atoms with Crippen molar-refractivity contribution in [1.29, 1.82) is 0 Å². The summed E-state index contributed by atoms with van der Waals surface area (Å²) in [6.07, 6.45) is 6.92. The van der Waals surface area contributed by atoms with Gasteiger partial charge in [-0.1, -0.05) is 19.4 Å². The van der Waals surface area contributed by atoms with Crippen molar-refractivity contribution in [2.24, 2.45) is 5.41 Å². The molecule has 0 spiro atoms. The fourth-order valence-electron chi connectivity index (χ4n) is 3.77. The molecule has 1 aliphatic heterocycles. The van der Waals surface area contributed by atoms with Gasteiger partial charge in [-0.25, -0.2) is 9.97 Å². The van der Waals surface area contributed by atoms with E-state index in [1.54, 1.807) is 6.20 Å². The molecule has 0 saturated carbocycles. The zero-order chi connectivity index (χ0) is 17.9. The second kappa shape index (κ2) is 7.52. The maximum Gasteiger partial charge on any atom is 0.247 e. The molecule has 2 atom stereocenters. The predicted molar refractivity (Wildman–Crippen MR) is 97.1 cm³/mol. The van der Waals surface area contributed by atoms with Crippen LogP contribution >= 0.6 is 0 Å². The van der Waals surface area contributed by atoms with E-state index in [1.165, 1.54) is 11.9 Å². The van der Waals surface area contributed by atoms with Gasteiger partial charge < -0.3 is 15.4 Å². The fourth-order valence-corrected chi connectivity index (χ4v) is 3.77. The van der Waals surface area contributed by atoms with E-state index in [9.17, 15) is 4.79 Å². The van der Waals surface area contributed by atoms with Crippen LogP contribution in [0.3, 0.4) is 0 Å². The molecule has 1 fully saturated rings. The molecule has 0 aromatic carbocycles. The molecule has 1 saturated heterocycles. The first kappa shape index (κ1) is 17.9. The standard InChI is InChI=1S/C19H28N4O2/c1-13-10-19(2,3)7-4-14(13)18(24)23-15-6-9-25-11-16(15)22-17-5-8-20-12-21-17/h5,8,12,15-16H,4,6-7,9-11H2,1-3H3,(H,23,24)(H,20,21,22)/t15-,16+/m0/s1. The van der Waals surface area contributed by atoms with Crippen LogP contribution in [0.4, 0.5) is 5.82 Å². The molecule has 1 amide bonds. The lowest BCUT2D eigenvalue weighted by Gasteiger charge is -2.35. The van der Waals surface area contributed by atoms with Gasteiger partial charge in [0.15, 0.2) is 0 Å². The average Bonchev–Trinajstić information content (AvgIpc) is 2.56. The quantitative estimate of drug-likeness (QED) is 0.878. The Morgan fingerprint density at radius 1 is 1.36 bits per heavy atom. The number of nitrogens with zero attached hydrogens (tertiary/aromatic N) is 2. The highest BCUT2D eigenvalue weighted by molar-refractivity contribution is 5.94. The zero-order valence-electron chi connectivity index (χ0n) is 15.3. The maximum atomic E-state index is 12.8. The highest BCUT2D eigenvalue weighted by atomic mass is 16.5. The minimum Gasteiger partial charge on any atom is -0.379 e. The first-order valence-electron chi connectivity index (χ1n) is 9.04. The highest BCUT2D eigenvalue weighted by Crippen LogP contribution is 2.38. The lowest BCUT2D eigenvalue weighted by Crippen LogP contribution is -2.52. The van der Waals surface area contributed by atoms with Crippen LogP contribution in [0.25, 0.3) is 0 Å². The summed E-state index contributed by atoms with van der Waals surface area (Å²) in [4.78, 5) is 21.0.